The Kier molecular flexibility index (Phi) is 2.64. The molecule has 19 heavy (non-hydrogen) atoms. The molecule has 0 fully saturated rings. The van der Waals surface area contributed by atoms with E-state index in [1.165, 1.54) is 10.7 Å². The SMILES string of the molecule is O=[N+]([O-])c1ccc2ccccc2c1-n1nnnc1S. The number of hydrogen-bond donors (Lipinski definition) is 1. The standard InChI is InChI=1S/C11H7N5O2S/c17-16(18)9-6-5-7-3-1-2-4-8(7)10(9)15-11(19)12-13-14-15/h1-6H,(H,12,14,19). The van der Waals surface area contributed by atoms with E-state index in [1.807, 2.05) is 12.1 Å². The molecule has 3 aromatic rings. The zero-order valence-corrected chi connectivity index (χ0v) is 10.4. The normalized spacial score (nSPS) is 10.8. The van der Waals surface area contributed by atoms with Gasteiger partial charge in [0.25, 0.3) is 5.69 Å². The molecule has 0 radical (unpaired) electrons. The van der Waals surface area contributed by atoms with E-state index in [1.54, 1.807) is 18.2 Å². The number of nitro groups is 1. The van der Waals surface area contributed by atoms with Crippen LogP contribution in [-0.2, 0) is 0 Å². The molecular weight excluding hydrogens is 266 g/mol. The molecule has 0 atom stereocenters. The van der Waals surface area contributed by atoms with Crippen LogP contribution in [0.1, 0.15) is 0 Å². The van der Waals surface area contributed by atoms with Crippen LogP contribution in [0.2, 0.25) is 0 Å². The van der Waals surface area contributed by atoms with Crippen LogP contribution < -0.4 is 0 Å². The minimum absolute atomic E-state index is 0.0682. The predicted octanol–water partition coefficient (Wildman–Crippen LogP) is 2.01. The highest BCUT2D eigenvalue weighted by atomic mass is 32.1. The lowest BCUT2D eigenvalue weighted by Gasteiger charge is -2.07. The van der Waals surface area contributed by atoms with Gasteiger partial charge in [-0.25, -0.2) is 0 Å². The topological polar surface area (TPSA) is 86.7 Å². The summed E-state index contributed by atoms with van der Waals surface area (Å²) in [6.45, 7) is 0. The molecule has 0 aliphatic carbocycles. The second-order valence-electron chi connectivity index (χ2n) is 3.80. The van der Waals surface area contributed by atoms with Crippen LogP contribution in [-0.4, -0.2) is 25.1 Å². The zero-order valence-electron chi connectivity index (χ0n) is 9.46. The third-order valence-electron chi connectivity index (χ3n) is 2.74. The van der Waals surface area contributed by atoms with E-state index < -0.39 is 4.92 Å². The van der Waals surface area contributed by atoms with Crippen molar-refractivity contribution in [2.75, 3.05) is 0 Å². The lowest BCUT2D eigenvalue weighted by molar-refractivity contribution is -0.384. The largest absolute Gasteiger partial charge is 0.295 e. The maximum atomic E-state index is 11.2. The molecule has 7 nitrogen and oxygen atoms in total. The van der Waals surface area contributed by atoms with Gasteiger partial charge in [-0.1, -0.05) is 24.3 Å². The maximum absolute atomic E-state index is 11.2. The van der Waals surface area contributed by atoms with Crippen molar-refractivity contribution in [3.63, 3.8) is 0 Å². The Hall–Kier alpha value is -2.48. The second-order valence-corrected chi connectivity index (χ2v) is 4.20. The quantitative estimate of drug-likeness (QED) is 0.438. The van der Waals surface area contributed by atoms with Crippen LogP contribution in [0.5, 0.6) is 0 Å². The van der Waals surface area contributed by atoms with Crippen molar-refractivity contribution in [1.82, 2.24) is 20.2 Å². The fraction of sp³-hybridized carbons (Fsp3) is 0. The molecular formula is C11H7N5O2S. The highest BCUT2D eigenvalue weighted by Crippen LogP contribution is 2.31. The lowest BCUT2D eigenvalue weighted by atomic mass is 10.1. The average Bonchev–Trinajstić information content (AvgIpc) is 2.83. The van der Waals surface area contributed by atoms with E-state index in [-0.39, 0.29) is 10.8 Å². The number of thiol groups is 1. The summed E-state index contributed by atoms with van der Waals surface area (Å²) in [7, 11) is 0. The molecule has 0 saturated carbocycles. The van der Waals surface area contributed by atoms with Crippen molar-refractivity contribution in [3.8, 4) is 5.69 Å². The molecule has 3 rings (SSSR count). The number of rotatable bonds is 2. The first-order chi connectivity index (χ1) is 9.18. The van der Waals surface area contributed by atoms with Gasteiger partial charge in [-0.05, 0) is 21.9 Å². The second kappa shape index (κ2) is 4.32. The molecule has 0 aliphatic rings. The van der Waals surface area contributed by atoms with Crippen LogP contribution >= 0.6 is 12.6 Å². The van der Waals surface area contributed by atoms with Gasteiger partial charge in [0.2, 0.25) is 5.16 Å². The van der Waals surface area contributed by atoms with Crippen LogP contribution in [0, 0.1) is 10.1 Å². The van der Waals surface area contributed by atoms with Gasteiger partial charge in [-0.3, -0.25) is 10.1 Å². The third kappa shape index (κ3) is 1.82. The number of benzene rings is 2. The Bertz CT molecular complexity index is 786. The molecule has 1 aromatic heterocycles. The summed E-state index contributed by atoms with van der Waals surface area (Å²) in [4.78, 5) is 10.7. The van der Waals surface area contributed by atoms with Crippen LogP contribution in [0.15, 0.2) is 41.6 Å². The van der Waals surface area contributed by atoms with E-state index in [0.29, 0.717) is 11.1 Å². The molecule has 0 aliphatic heterocycles. The van der Waals surface area contributed by atoms with Gasteiger partial charge in [-0.2, -0.15) is 4.68 Å². The van der Waals surface area contributed by atoms with Gasteiger partial charge in [-0.15, -0.1) is 17.7 Å². The molecule has 0 unspecified atom stereocenters. The van der Waals surface area contributed by atoms with Crippen molar-refractivity contribution in [2.45, 2.75) is 5.16 Å². The smallest absolute Gasteiger partial charge is 0.258 e. The summed E-state index contributed by atoms with van der Waals surface area (Å²) < 4.78 is 1.25. The zero-order chi connectivity index (χ0) is 13.4. The summed E-state index contributed by atoms with van der Waals surface area (Å²) in [6, 6.07) is 10.4. The van der Waals surface area contributed by atoms with Crippen molar-refractivity contribution in [2.24, 2.45) is 0 Å². The van der Waals surface area contributed by atoms with Crippen molar-refractivity contribution in [1.29, 1.82) is 0 Å². The van der Waals surface area contributed by atoms with Gasteiger partial charge in [0.1, 0.15) is 0 Å². The first kappa shape index (κ1) is 11.6. The summed E-state index contributed by atoms with van der Waals surface area (Å²) in [5.41, 5.74) is 0.249. The number of hydrogen-bond acceptors (Lipinski definition) is 6. The number of aromatic nitrogens is 4. The molecule has 0 amide bonds. The number of tetrazole rings is 1. The first-order valence-corrected chi connectivity index (χ1v) is 5.77. The van der Waals surface area contributed by atoms with Crippen LogP contribution in [0.4, 0.5) is 5.69 Å². The number of nitrogens with zero attached hydrogens (tertiary/aromatic N) is 5. The molecule has 0 N–H and O–H groups in total. The molecule has 94 valence electrons. The van der Waals surface area contributed by atoms with Gasteiger partial charge >= 0.3 is 0 Å². The molecule has 0 spiro atoms. The van der Waals surface area contributed by atoms with Gasteiger partial charge in [0.05, 0.1) is 4.92 Å². The van der Waals surface area contributed by atoms with Gasteiger partial charge in [0.15, 0.2) is 5.69 Å². The Morgan fingerprint density at radius 3 is 2.68 bits per heavy atom. The highest BCUT2D eigenvalue weighted by Gasteiger charge is 2.21. The van der Waals surface area contributed by atoms with E-state index in [0.717, 1.165) is 5.39 Å². The predicted molar refractivity (Wildman–Crippen MR) is 70.6 cm³/mol. The number of fused-ring (bicyclic) bond motifs is 1. The number of nitro benzene ring substituents is 1. The molecule has 8 heteroatoms. The van der Waals surface area contributed by atoms with Crippen LogP contribution in [0.25, 0.3) is 16.5 Å². The fourth-order valence-corrected chi connectivity index (χ4v) is 2.12. The van der Waals surface area contributed by atoms with E-state index >= 15 is 0 Å². The van der Waals surface area contributed by atoms with E-state index in [2.05, 4.69) is 28.2 Å². The van der Waals surface area contributed by atoms with Crippen molar-refractivity contribution < 1.29 is 4.92 Å². The fourth-order valence-electron chi connectivity index (χ4n) is 1.94. The summed E-state index contributed by atoms with van der Waals surface area (Å²) in [6.07, 6.45) is 0. The van der Waals surface area contributed by atoms with Gasteiger partial charge in [0, 0.05) is 11.5 Å². The monoisotopic (exact) mass is 273 g/mol. The maximum Gasteiger partial charge on any atom is 0.295 e. The van der Waals surface area contributed by atoms with Gasteiger partial charge < -0.3 is 0 Å². The minimum atomic E-state index is -0.462. The van der Waals surface area contributed by atoms with E-state index in [4.69, 9.17) is 0 Å². The summed E-state index contributed by atoms with van der Waals surface area (Å²) >= 11 is 4.11. The summed E-state index contributed by atoms with van der Waals surface area (Å²) in [5.74, 6) is 0. The van der Waals surface area contributed by atoms with Crippen molar-refractivity contribution in [3.05, 3.63) is 46.5 Å². The lowest BCUT2D eigenvalue weighted by Crippen LogP contribution is -2.03. The van der Waals surface area contributed by atoms with Crippen LogP contribution in [0.3, 0.4) is 0 Å². The Balaban J connectivity index is 2.45. The summed E-state index contributed by atoms with van der Waals surface area (Å²) in [5, 5.41) is 23.8. The highest BCUT2D eigenvalue weighted by molar-refractivity contribution is 7.80. The molecule has 0 bridgehead atoms. The third-order valence-corrected chi connectivity index (χ3v) is 3.02. The molecule has 1 heterocycles. The Labute approximate surface area is 112 Å². The van der Waals surface area contributed by atoms with Crippen molar-refractivity contribution >= 4 is 29.1 Å². The molecule has 0 saturated heterocycles. The first-order valence-electron chi connectivity index (χ1n) is 5.32. The molecule has 2 aromatic carbocycles. The minimum Gasteiger partial charge on any atom is -0.258 e. The average molecular weight is 273 g/mol. The Morgan fingerprint density at radius 2 is 2.00 bits per heavy atom. The van der Waals surface area contributed by atoms with E-state index in [9.17, 15) is 10.1 Å². The Morgan fingerprint density at radius 1 is 1.21 bits per heavy atom.